The van der Waals surface area contributed by atoms with Crippen molar-refractivity contribution in [1.29, 1.82) is 0 Å². The molecule has 4 rings (SSSR count). The SMILES string of the molecule is CC(C)OC(=O)[C@H](C)NP(=O)(OC[C@]12C[C@]1(O)[C@@](C)(O)[C@H](n1ccc(=O)[nH]c1=O)O2)Oc1ccc(Cl)cc1. The van der Waals surface area contributed by atoms with Gasteiger partial charge in [0.25, 0.3) is 5.56 Å². The summed E-state index contributed by atoms with van der Waals surface area (Å²) in [5, 5.41) is 25.3. The van der Waals surface area contributed by atoms with Crippen LogP contribution in [0.4, 0.5) is 0 Å². The van der Waals surface area contributed by atoms with Crippen molar-refractivity contribution >= 4 is 25.3 Å². The fourth-order valence-electron chi connectivity index (χ4n) is 4.36. The van der Waals surface area contributed by atoms with Gasteiger partial charge < -0.3 is 24.2 Å². The van der Waals surface area contributed by atoms with Gasteiger partial charge in [-0.2, -0.15) is 5.09 Å². The minimum absolute atomic E-state index is 0.107. The number of ether oxygens (including phenoxy) is 2. The molecule has 1 aromatic carbocycles. The zero-order valence-corrected chi connectivity index (χ0v) is 22.7. The van der Waals surface area contributed by atoms with Gasteiger partial charge in [-0.15, -0.1) is 0 Å². The number of fused-ring (bicyclic) bond motifs is 1. The molecule has 0 radical (unpaired) electrons. The lowest BCUT2D eigenvalue weighted by Crippen LogP contribution is -2.49. The number of rotatable bonds is 10. The lowest BCUT2D eigenvalue weighted by molar-refractivity contribution is -0.149. The van der Waals surface area contributed by atoms with Gasteiger partial charge in [-0.1, -0.05) is 11.6 Å². The van der Waals surface area contributed by atoms with Gasteiger partial charge in [-0.05, 0) is 52.0 Å². The second kappa shape index (κ2) is 9.91. The van der Waals surface area contributed by atoms with Crippen LogP contribution in [0.15, 0.2) is 46.1 Å². The van der Waals surface area contributed by atoms with Crippen molar-refractivity contribution in [2.24, 2.45) is 0 Å². The molecule has 4 N–H and O–H groups in total. The summed E-state index contributed by atoms with van der Waals surface area (Å²) >= 11 is 5.91. The van der Waals surface area contributed by atoms with Crippen molar-refractivity contribution in [3.8, 4) is 5.75 Å². The maximum absolute atomic E-state index is 13.8. The second-order valence-electron chi connectivity index (χ2n) is 9.82. The van der Waals surface area contributed by atoms with Gasteiger partial charge in [0.2, 0.25) is 0 Å². The van der Waals surface area contributed by atoms with Gasteiger partial charge in [-0.25, -0.2) is 9.36 Å². The summed E-state index contributed by atoms with van der Waals surface area (Å²) in [6, 6.07) is 5.83. The highest BCUT2D eigenvalue weighted by molar-refractivity contribution is 7.52. The maximum atomic E-state index is 13.8. The van der Waals surface area contributed by atoms with Crippen molar-refractivity contribution in [2.45, 2.75) is 69.3 Å². The molecule has 2 fully saturated rings. The Balaban J connectivity index is 1.58. The Morgan fingerprint density at radius 3 is 2.53 bits per heavy atom. The number of nitrogens with one attached hydrogen (secondary N) is 2. The van der Waals surface area contributed by atoms with Crippen LogP contribution < -0.4 is 20.9 Å². The third-order valence-corrected chi connectivity index (χ3v) is 8.37. The highest BCUT2D eigenvalue weighted by Crippen LogP contribution is 2.68. The Kier molecular flexibility index (Phi) is 7.43. The van der Waals surface area contributed by atoms with Crippen molar-refractivity contribution < 1.29 is 38.1 Å². The quantitative estimate of drug-likeness (QED) is 0.239. The fraction of sp³-hybridized carbons (Fsp3) is 0.522. The summed E-state index contributed by atoms with van der Waals surface area (Å²) in [6.45, 7) is 5.44. The predicted octanol–water partition coefficient (Wildman–Crippen LogP) is 1.48. The number of H-pyrrole nitrogens is 1. The summed E-state index contributed by atoms with van der Waals surface area (Å²) in [5.74, 6) is -0.600. The minimum atomic E-state index is -4.34. The third-order valence-electron chi connectivity index (χ3n) is 6.49. The van der Waals surface area contributed by atoms with Gasteiger partial charge in [0, 0.05) is 23.7 Å². The van der Waals surface area contributed by atoms with Gasteiger partial charge in [0.15, 0.2) is 6.23 Å². The number of hydrogen-bond donors (Lipinski definition) is 4. The van der Waals surface area contributed by atoms with E-state index in [-0.39, 0.29) is 12.2 Å². The van der Waals surface area contributed by atoms with Crippen LogP contribution in [-0.2, 0) is 23.4 Å². The van der Waals surface area contributed by atoms with Crippen LogP contribution in [0.25, 0.3) is 0 Å². The van der Waals surface area contributed by atoms with Gasteiger partial charge in [0.1, 0.15) is 28.6 Å². The fourth-order valence-corrected chi connectivity index (χ4v) is 6.03. The Morgan fingerprint density at radius 1 is 1.26 bits per heavy atom. The van der Waals surface area contributed by atoms with Crippen LogP contribution in [0.1, 0.15) is 40.3 Å². The standard InChI is InChI=1S/C23H29ClN3O10P/c1-13(2)35-18(29)14(3)26-38(33,37-16-7-5-15(24)6-8-16)34-12-22-11-23(22,32)21(4,31)19(36-22)27-10-9-17(28)25-20(27)30/h5-10,13-14,19,31-32H,11-12H2,1-4H3,(H,26,33)(H,25,28,30)/t14-,19+,21-,22+,23-,38?/m0/s1. The molecule has 0 amide bonds. The van der Waals surface area contributed by atoms with E-state index in [0.29, 0.717) is 5.02 Å². The maximum Gasteiger partial charge on any atom is 0.459 e. The summed E-state index contributed by atoms with van der Waals surface area (Å²) in [6.07, 6.45) is -0.820. The Labute approximate surface area is 222 Å². The van der Waals surface area contributed by atoms with E-state index in [1.165, 1.54) is 38.1 Å². The number of hydrogen-bond acceptors (Lipinski definition) is 10. The minimum Gasteiger partial charge on any atom is -0.462 e. The van der Waals surface area contributed by atoms with Crippen LogP contribution in [0.5, 0.6) is 5.75 Å². The van der Waals surface area contributed by atoms with E-state index in [2.05, 4.69) is 10.1 Å². The molecule has 0 spiro atoms. The molecule has 2 heterocycles. The van der Waals surface area contributed by atoms with E-state index < -0.39 is 66.7 Å². The normalized spacial score (nSPS) is 30.4. The van der Waals surface area contributed by atoms with E-state index in [1.54, 1.807) is 13.8 Å². The van der Waals surface area contributed by atoms with Crippen molar-refractivity contribution in [3.63, 3.8) is 0 Å². The van der Waals surface area contributed by atoms with Gasteiger partial charge >= 0.3 is 19.4 Å². The number of benzene rings is 1. The molecule has 1 saturated carbocycles. The smallest absolute Gasteiger partial charge is 0.459 e. The van der Waals surface area contributed by atoms with E-state index in [0.717, 1.165) is 16.8 Å². The van der Waals surface area contributed by atoms with Gasteiger partial charge in [0.05, 0.1) is 12.7 Å². The predicted molar refractivity (Wildman–Crippen MR) is 134 cm³/mol. The number of carbonyl (C=O) groups excluding carboxylic acids is 1. The first-order valence-corrected chi connectivity index (χ1v) is 13.7. The molecule has 2 aliphatic rings. The molecule has 15 heteroatoms. The van der Waals surface area contributed by atoms with Gasteiger partial charge in [-0.3, -0.25) is 23.7 Å². The third kappa shape index (κ3) is 5.20. The molecule has 6 atom stereocenters. The largest absolute Gasteiger partial charge is 0.462 e. The molecular formula is C23H29ClN3O10P. The molecule has 0 bridgehead atoms. The molecule has 38 heavy (non-hydrogen) atoms. The van der Waals surface area contributed by atoms with E-state index in [9.17, 15) is 29.2 Å². The topological polar surface area (TPSA) is 178 Å². The molecule has 1 aliphatic heterocycles. The Bertz CT molecular complexity index is 1380. The molecule has 1 saturated heterocycles. The first kappa shape index (κ1) is 28.5. The van der Waals surface area contributed by atoms with Crippen LogP contribution in [0.3, 0.4) is 0 Å². The average Bonchev–Trinajstić information content (AvgIpc) is 3.38. The van der Waals surface area contributed by atoms with Crippen molar-refractivity contribution in [2.75, 3.05) is 6.61 Å². The zero-order chi connectivity index (χ0) is 28.1. The van der Waals surface area contributed by atoms with Crippen LogP contribution in [0.2, 0.25) is 5.02 Å². The highest BCUT2D eigenvalue weighted by Gasteiger charge is 2.84. The number of aromatic amines is 1. The zero-order valence-electron chi connectivity index (χ0n) is 21.0. The lowest BCUT2D eigenvalue weighted by atomic mass is 9.94. The van der Waals surface area contributed by atoms with E-state index in [1.807, 2.05) is 0 Å². The van der Waals surface area contributed by atoms with E-state index >= 15 is 0 Å². The molecular weight excluding hydrogens is 545 g/mol. The molecule has 1 unspecified atom stereocenters. The van der Waals surface area contributed by atoms with Crippen molar-refractivity contribution in [1.82, 2.24) is 14.6 Å². The Morgan fingerprint density at radius 2 is 1.92 bits per heavy atom. The number of carbonyl (C=O) groups is 1. The molecule has 1 aromatic heterocycles. The summed E-state index contributed by atoms with van der Waals surface area (Å²) in [4.78, 5) is 38.2. The Hall–Kier alpha value is -2.51. The number of nitrogens with zero attached hydrogens (tertiary/aromatic N) is 1. The highest BCUT2D eigenvalue weighted by atomic mass is 35.5. The lowest BCUT2D eigenvalue weighted by Gasteiger charge is -2.31. The number of aliphatic hydroxyl groups is 2. The summed E-state index contributed by atoms with van der Waals surface area (Å²) < 4.78 is 37.0. The molecule has 13 nitrogen and oxygen atoms in total. The van der Waals surface area contributed by atoms with Crippen LogP contribution in [-0.4, -0.2) is 61.3 Å². The average molecular weight is 574 g/mol. The first-order valence-electron chi connectivity index (χ1n) is 11.7. The first-order chi connectivity index (χ1) is 17.6. The number of esters is 1. The summed E-state index contributed by atoms with van der Waals surface area (Å²) in [7, 11) is -4.34. The number of halogens is 1. The van der Waals surface area contributed by atoms with Crippen LogP contribution >= 0.6 is 19.3 Å². The monoisotopic (exact) mass is 573 g/mol. The molecule has 1 aliphatic carbocycles. The molecule has 2 aromatic rings. The summed E-state index contributed by atoms with van der Waals surface area (Å²) in [5.41, 5.74) is -6.99. The van der Waals surface area contributed by atoms with Crippen molar-refractivity contribution in [3.05, 3.63) is 62.4 Å². The van der Waals surface area contributed by atoms with E-state index in [4.69, 9.17) is 30.1 Å². The molecule has 208 valence electrons. The van der Waals surface area contributed by atoms with Crippen LogP contribution in [0, 0.1) is 0 Å². The number of aromatic nitrogens is 2. The second-order valence-corrected chi connectivity index (χ2v) is 11.9.